The van der Waals surface area contributed by atoms with E-state index >= 15 is 0 Å². The average molecular weight is 348 g/mol. The second-order valence-corrected chi connectivity index (χ2v) is 5.83. The molecular weight excluding hydrogens is 328 g/mol. The monoisotopic (exact) mass is 348 g/mol. The number of aromatic nitrogens is 1. The lowest BCUT2D eigenvalue weighted by Crippen LogP contribution is -2.26. The Morgan fingerprint density at radius 2 is 1.69 bits per heavy atom. The van der Waals surface area contributed by atoms with Gasteiger partial charge in [0.1, 0.15) is 17.2 Å². The number of hydrogen-bond acceptors (Lipinski definition) is 4. The fraction of sp³-hybridized carbons (Fsp3) is 0.143. The molecule has 5 nitrogen and oxygen atoms in total. The van der Waals surface area contributed by atoms with Gasteiger partial charge in [-0.25, -0.2) is 0 Å². The van der Waals surface area contributed by atoms with E-state index < -0.39 is 0 Å². The first-order valence-electron chi connectivity index (χ1n) is 8.22. The third-order valence-electron chi connectivity index (χ3n) is 3.87. The number of carbonyl (C=O) groups is 1. The largest absolute Gasteiger partial charge is 0.497 e. The van der Waals surface area contributed by atoms with E-state index in [4.69, 9.17) is 9.47 Å². The van der Waals surface area contributed by atoms with Crippen molar-refractivity contribution in [1.29, 1.82) is 0 Å². The highest BCUT2D eigenvalue weighted by Crippen LogP contribution is 2.22. The number of carbonyl (C=O) groups excluding carboxylic acids is 1. The van der Waals surface area contributed by atoms with Crippen molar-refractivity contribution in [3.63, 3.8) is 0 Å². The summed E-state index contributed by atoms with van der Waals surface area (Å²) in [5.74, 6) is 1.98. The zero-order chi connectivity index (χ0) is 18.4. The van der Waals surface area contributed by atoms with Crippen LogP contribution in [0.15, 0.2) is 73.1 Å². The van der Waals surface area contributed by atoms with Crippen LogP contribution in [0, 0.1) is 0 Å². The molecule has 0 aliphatic heterocycles. The minimum absolute atomic E-state index is 0.0759. The van der Waals surface area contributed by atoms with E-state index in [0.717, 1.165) is 11.3 Å². The molecule has 1 amide bonds. The van der Waals surface area contributed by atoms with Crippen LogP contribution >= 0.6 is 0 Å². The van der Waals surface area contributed by atoms with Crippen molar-refractivity contribution in [2.75, 3.05) is 14.2 Å². The summed E-state index contributed by atoms with van der Waals surface area (Å²) in [6, 6.07) is 18.4. The Kier molecular flexibility index (Phi) is 5.49. The summed E-state index contributed by atoms with van der Waals surface area (Å²) in [6.45, 7) is 0.492. The highest BCUT2D eigenvalue weighted by molar-refractivity contribution is 5.94. The molecule has 26 heavy (non-hydrogen) atoms. The fourth-order valence-corrected chi connectivity index (χ4v) is 2.57. The van der Waals surface area contributed by atoms with Gasteiger partial charge in [0.05, 0.1) is 7.11 Å². The van der Waals surface area contributed by atoms with E-state index in [0.29, 0.717) is 23.6 Å². The predicted octanol–water partition coefficient (Wildman–Crippen LogP) is 4.15. The molecule has 3 rings (SSSR count). The van der Waals surface area contributed by atoms with Gasteiger partial charge in [0.2, 0.25) is 0 Å². The van der Waals surface area contributed by atoms with Crippen LogP contribution in [-0.2, 0) is 6.54 Å². The number of rotatable bonds is 6. The summed E-state index contributed by atoms with van der Waals surface area (Å²) in [4.78, 5) is 18.4. The highest BCUT2D eigenvalue weighted by atomic mass is 16.5. The summed E-state index contributed by atoms with van der Waals surface area (Å²) in [7, 11) is 3.40. The quantitative estimate of drug-likeness (QED) is 0.671. The van der Waals surface area contributed by atoms with Gasteiger partial charge in [-0.1, -0.05) is 18.2 Å². The molecule has 1 heterocycles. The molecule has 0 saturated carbocycles. The van der Waals surface area contributed by atoms with Crippen molar-refractivity contribution in [3.05, 3.63) is 84.2 Å². The van der Waals surface area contributed by atoms with Gasteiger partial charge in [0.15, 0.2) is 0 Å². The maximum absolute atomic E-state index is 12.7. The first kappa shape index (κ1) is 17.5. The molecular formula is C21H20N2O3. The summed E-state index contributed by atoms with van der Waals surface area (Å²) < 4.78 is 11.0. The number of methoxy groups -OCH3 is 1. The van der Waals surface area contributed by atoms with Gasteiger partial charge in [-0.2, -0.15) is 0 Å². The van der Waals surface area contributed by atoms with Crippen LogP contribution in [0.3, 0.4) is 0 Å². The van der Waals surface area contributed by atoms with Gasteiger partial charge in [0.25, 0.3) is 5.91 Å². The molecule has 0 aliphatic rings. The second kappa shape index (κ2) is 8.16. The summed E-state index contributed by atoms with van der Waals surface area (Å²) >= 11 is 0. The number of ether oxygens (including phenoxy) is 2. The van der Waals surface area contributed by atoms with E-state index in [2.05, 4.69) is 4.98 Å². The molecule has 0 N–H and O–H groups in total. The molecule has 0 aliphatic carbocycles. The Hall–Kier alpha value is -3.34. The molecule has 0 unspecified atom stereocenters. The molecule has 0 saturated heterocycles. The molecule has 132 valence electrons. The molecule has 0 atom stereocenters. The van der Waals surface area contributed by atoms with Gasteiger partial charge < -0.3 is 14.4 Å². The van der Waals surface area contributed by atoms with Crippen LogP contribution in [0.25, 0.3) is 0 Å². The second-order valence-electron chi connectivity index (χ2n) is 5.83. The van der Waals surface area contributed by atoms with E-state index in [-0.39, 0.29) is 5.91 Å². The zero-order valence-corrected chi connectivity index (χ0v) is 14.8. The number of pyridine rings is 1. The SMILES string of the molecule is COc1cccc(CN(C)C(=O)c2cccc(Oc3ccncc3)c2)c1. The fourth-order valence-electron chi connectivity index (χ4n) is 2.57. The number of nitrogens with zero attached hydrogens (tertiary/aromatic N) is 2. The van der Waals surface area contributed by atoms with Crippen molar-refractivity contribution in [2.24, 2.45) is 0 Å². The number of amides is 1. The first-order valence-corrected chi connectivity index (χ1v) is 8.22. The van der Waals surface area contributed by atoms with Crippen molar-refractivity contribution < 1.29 is 14.3 Å². The van der Waals surface area contributed by atoms with Crippen LogP contribution in [0.2, 0.25) is 0 Å². The lowest BCUT2D eigenvalue weighted by atomic mass is 10.1. The van der Waals surface area contributed by atoms with Gasteiger partial charge >= 0.3 is 0 Å². The Bertz CT molecular complexity index is 881. The van der Waals surface area contributed by atoms with E-state index in [1.165, 1.54) is 0 Å². The maximum Gasteiger partial charge on any atom is 0.254 e. The normalized spacial score (nSPS) is 10.2. The molecule has 0 bridgehead atoms. The minimum Gasteiger partial charge on any atom is -0.497 e. The van der Waals surface area contributed by atoms with Gasteiger partial charge in [-0.3, -0.25) is 9.78 Å². The topological polar surface area (TPSA) is 51.7 Å². The molecule has 2 aromatic carbocycles. The van der Waals surface area contributed by atoms with Gasteiger partial charge in [0, 0.05) is 31.5 Å². The zero-order valence-electron chi connectivity index (χ0n) is 14.8. The first-order chi connectivity index (χ1) is 12.7. The third kappa shape index (κ3) is 4.39. The van der Waals surface area contributed by atoms with Crippen molar-refractivity contribution in [1.82, 2.24) is 9.88 Å². The molecule has 1 aromatic heterocycles. The molecule has 0 fully saturated rings. The van der Waals surface area contributed by atoms with E-state index in [9.17, 15) is 4.79 Å². The molecule has 0 radical (unpaired) electrons. The standard InChI is InChI=1S/C21H20N2O3/c1-23(15-16-5-3-7-19(13-16)25-2)21(24)17-6-4-8-20(14-17)26-18-9-11-22-12-10-18/h3-14H,15H2,1-2H3. The van der Waals surface area contributed by atoms with Crippen LogP contribution in [-0.4, -0.2) is 29.9 Å². The highest BCUT2D eigenvalue weighted by Gasteiger charge is 2.13. The Morgan fingerprint density at radius 3 is 2.46 bits per heavy atom. The molecule has 5 heteroatoms. The minimum atomic E-state index is -0.0759. The smallest absolute Gasteiger partial charge is 0.254 e. The average Bonchev–Trinajstić information content (AvgIpc) is 2.68. The number of benzene rings is 2. The van der Waals surface area contributed by atoms with Gasteiger partial charge in [-0.15, -0.1) is 0 Å². The lowest BCUT2D eigenvalue weighted by Gasteiger charge is -2.18. The Balaban J connectivity index is 1.71. The van der Waals surface area contributed by atoms with E-state index in [1.54, 1.807) is 55.7 Å². The molecule has 0 spiro atoms. The third-order valence-corrected chi connectivity index (χ3v) is 3.87. The van der Waals surface area contributed by atoms with Crippen LogP contribution in [0.5, 0.6) is 17.2 Å². The number of hydrogen-bond donors (Lipinski definition) is 0. The lowest BCUT2D eigenvalue weighted by molar-refractivity contribution is 0.0784. The van der Waals surface area contributed by atoms with Crippen molar-refractivity contribution in [2.45, 2.75) is 6.54 Å². The van der Waals surface area contributed by atoms with Gasteiger partial charge in [-0.05, 0) is 48.0 Å². The van der Waals surface area contributed by atoms with Crippen LogP contribution in [0.4, 0.5) is 0 Å². The summed E-state index contributed by atoms with van der Waals surface area (Å²) in [5, 5.41) is 0. The summed E-state index contributed by atoms with van der Waals surface area (Å²) in [5.41, 5.74) is 1.58. The summed E-state index contributed by atoms with van der Waals surface area (Å²) in [6.07, 6.45) is 3.32. The van der Waals surface area contributed by atoms with Crippen molar-refractivity contribution >= 4 is 5.91 Å². The Labute approximate surface area is 152 Å². The van der Waals surface area contributed by atoms with E-state index in [1.807, 2.05) is 36.4 Å². The van der Waals surface area contributed by atoms with Crippen molar-refractivity contribution in [3.8, 4) is 17.2 Å². The van der Waals surface area contributed by atoms with Crippen LogP contribution < -0.4 is 9.47 Å². The molecule has 3 aromatic rings. The maximum atomic E-state index is 12.7. The van der Waals surface area contributed by atoms with Crippen LogP contribution in [0.1, 0.15) is 15.9 Å². The predicted molar refractivity (Wildman–Crippen MR) is 99.5 cm³/mol. The Morgan fingerprint density at radius 1 is 0.962 bits per heavy atom.